The summed E-state index contributed by atoms with van der Waals surface area (Å²) < 4.78 is 5.27. The van der Waals surface area contributed by atoms with Crippen molar-refractivity contribution in [2.75, 3.05) is 18.5 Å². The summed E-state index contributed by atoms with van der Waals surface area (Å²) in [4.78, 5) is 12.3. The number of hydrogen-bond acceptors (Lipinski definition) is 3. The molecule has 0 saturated carbocycles. The van der Waals surface area contributed by atoms with E-state index in [1.807, 2.05) is 31.2 Å². The summed E-state index contributed by atoms with van der Waals surface area (Å²) in [6.07, 6.45) is 0.817. The second-order valence-corrected chi connectivity index (χ2v) is 4.56. The summed E-state index contributed by atoms with van der Waals surface area (Å²) in [5.41, 5.74) is 2.43. The Labute approximate surface area is 124 Å². The van der Waals surface area contributed by atoms with Crippen molar-refractivity contribution < 1.29 is 14.6 Å². The van der Waals surface area contributed by atoms with Crippen molar-refractivity contribution in [1.82, 2.24) is 0 Å². The van der Waals surface area contributed by atoms with Gasteiger partial charge in [0.05, 0.1) is 6.61 Å². The number of carbonyl (C=O) groups is 1. The fraction of sp³-hybridized carbons (Fsp3) is 0.235. The van der Waals surface area contributed by atoms with Crippen LogP contribution in [0, 0.1) is 0 Å². The van der Waals surface area contributed by atoms with E-state index in [1.54, 1.807) is 24.3 Å². The number of aliphatic hydroxyl groups is 1. The van der Waals surface area contributed by atoms with Crippen LogP contribution in [-0.2, 0) is 6.42 Å². The number of nitrogens with one attached hydrogen (secondary N) is 1. The molecule has 0 spiro atoms. The van der Waals surface area contributed by atoms with Gasteiger partial charge in [-0.2, -0.15) is 0 Å². The zero-order chi connectivity index (χ0) is 15.1. The third-order valence-electron chi connectivity index (χ3n) is 3.12. The first-order chi connectivity index (χ1) is 10.2. The minimum absolute atomic E-state index is 0.0215. The Bertz CT molecular complexity index is 593. The van der Waals surface area contributed by atoms with E-state index in [4.69, 9.17) is 9.84 Å². The molecule has 0 fully saturated rings. The fourth-order valence-corrected chi connectivity index (χ4v) is 2.05. The minimum Gasteiger partial charge on any atom is -0.491 e. The molecule has 0 aliphatic heterocycles. The largest absolute Gasteiger partial charge is 0.491 e. The number of ether oxygens (including phenoxy) is 1. The highest BCUT2D eigenvalue weighted by Crippen LogP contribution is 2.17. The van der Waals surface area contributed by atoms with Crippen LogP contribution in [0.2, 0.25) is 0 Å². The molecule has 4 heteroatoms. The highest BCUT2D eigenvalue weighted by atomic mass is 16.5. The first kappa shape index (κ1) is 15.1. The molecule has 0 radical (unpaired) electrons. The van der Waals surface area contributed by atoms with Crippen molar-refractivity contribution in [1.29, 1.82) is 0 Å². The predicted molar refractivity (Wildman–Crippen MR) is 82.8 cm³/mol. The molecule has 0 unspecified atom stereocenters. The van der Waals surface area contributed by atoms with E-state index in [2.05, 4.69) is 5.32 Å². The van der Waals surface area contributed by atoms with E-state index in [9.17, 15) is 4.79 Å². The van der Waals surface area contributed by atoms with Gasteiger partial charge in [0.1, 0.15) is 12.4 Å². The summed E-state index contributed by atoms with van der Waals surface area (Å²) in [6.45, 7) is 2.27. The van der Waals surface area contributed by atoms with Crippen LogP contribution in [0.4, 0.5) is 5.69 Å². The molecule has 0 aromatic heterocycles. The van der Waals surface area contributed by atoms with Gasteiger partial charge >= 0.3 is 0 Å². The van der Waals surface area contributed by atoms with E-state index in [1.165, 1.54) is 0 Å². The van der Waals surface area contributed by atoms with Crippen molar-refractivity contribution in [3.8, 4) is 5.75 Å². The molecule has 0 atom stereocenters. The maximum atomic E-state index is 12.3. The predicted octanol–water partition coefficient (Wildman–Crippen LogP) is 2.87. The zero-order valence-electron chi connectivity index (χ0n) is 12.0. The normalized spacial score (nSPS) is 10.2. The van der Waals surface area contributed by atoms with Gasteiger partial charge in [0.25, 0.3) is 5.91 Å². The smallest absolute Gasteiger partial charge is 0.255 e. The molecule has 4 nitrogen and oxygen atoms in total. The van der Waals surface area contributed by atoms with Crippen LogP contribution in [0.15, 0.2) is 48.5 Å². The van der Waals surface area contributed by atoms with Crippen LogP contribution in [0.3, 0.4) is 0 Å². The van der Waals surface area contributed by atoms with Gasteiger partial charge in [-0.1, -0.05) is 25.1 Å². The molecule has 0 saturated heterocycles. The Morgan fingerprint density at radius 1 is 1.14 bits per heavy atom. The summed E-state index contributed by atoms with van der Waals surface area (Å²) in [5.74, 6) is 0.549. The van der Waals surface area contributed by atoms with Crippen molar-refractivity contribution in [3.05, 3.63) is 59.7 Å². The van der Waals surface area contributed by atoms with Crippen molar-refractivity contribution in [3.63, 3.8) is 0 Å². The van der Waals surface area contributed by atoms with Crippen LogP contribution in [-0.4, -0.2) is 24.2 Å². The average Bonchev–Trinajstić information content (AvgIpc) is 2.54. The molecule has 2 aromatic carbocycles. The van der Waals surface area contributed by atoms with Crippen LogP contribution in [0.1, 0.15) is 22.8 Å². The molecule has 0 aliphatic rings. The molecule has 2 aromatic rings. The summed E-state index contributed by atoms with van der Waals surface area (Å²) >= 11 is 0. The van der Waals surface area contributed by atoms with E-state index in [-0.39, 0.29) is 19.1 Å². The highest BCUT2D eigenvalue weighted by Gasteiger charge is 2.09. The molecule has 21 heavy (non-hydrogen) atoms. The Morgan fingerprint density at radius 2 is 1.86 bits per heavy atom. The standard InChI is InChI=1S/C17H19NO3/c1-2-13-5-3-4-6-16(13)17(20)18-14-7-9-15(10-8-14)21-12-11-19/h3-10,19H,2,11-12H2,1H3,(H,18,20). The molecule has 0 aliphatic carbocycles. The molecular formula is C17H19NO3. The lowest BCUT2D eigenvalue weighted by Gasteiger charge is -2.10. The van der Waals surface area contributed by atoms with Crippen molar-refractivity contribution in [2.24, 2.45) is 0 Å². The van der Waals surface area contributed by atoms with E-state index >= 15 is 0 Å². The number of hydrogen-bond donors (Lipinski definition) is 2. The topological polar surface area (TPSA) is 58.6 Å². The van der Waals surface area contributed by atoms with Gasteiger partial charge in [0.15, 0.2) is 0 Å². The van der Waals surface area contributed by atoms with Crippen LogP contribution < -0.4 is 10.1 Å². The van der Waals surface area contributed by atoms with Crippen molar-refractivity contribution >= 4 is 11.6 Å². The lowest BCUT2D eigenvalue weighted by molar-refractivity contribution is 0.102. The molecule has 2 rings (SSSR count). The second-order valence-electron chi connectivity index (χ2n) is 4.56. The maximum Gasteiger partial charge on any atom is 0.255 e. The van der Waals surface area contributed by atoms with Gasteiger partial charge in [-0.15, -0.1) is 0 Å². The van der Waals surface area contributed by atoms with Crippen LogP contribution in [0.25, 0.3) is 0 Å². The average molecular weight is 285 g/mol. The number of rotatable bonds is 6. The highest BCUT2D eigenvalue weighted by molar-refractivity contribution is 6.05. The summed E-state index contributed by atoms with van der Waals surface area (Å²) in [5, 5.41) is 11.6. The number of carbonyl (C=O) groups excluding carboxylic acids is 1. The maximum absolute atomic E-state index is 12.3. The number of amides is 1. The van der Waals surface area contributed by atoms with Crippen molar-refractivity contribution in [2.45, 2.75) is 13.3 Å². The number of aryl methyl sites for hydroxylation is 1. The minimum atomic E-state index is -0.114. The Balaban J connectivity index is 2.05. The third-order valence-corrected chi connectivity index (χ3v) is 3.12. The number of aliphatic hydroxyl groups excluding tert-OH is 1. The van der Waals surface area contributed by atoms with Gasteiger partial charge in [0, 0.05) is 11.3 Å². The van der Waals surface area contributed by atoms with Gasteiger partial charge in [-0.3, -0.25) is 4.79 Å². The van der Waals surface area contributed by atoms with E-state index in [0.717, 1.165) is 12.0 Å². The number of anilines is 1. The van der Waals surface area contributed by atoms with Gasteiger partial charge in [0.2, 0.25) is 0 Å². The molecule has 110 valence electrons. The Morgan fingerprint density at radius 3 is 2.52 bits per heavy atom. The molecule has 0 heterocycles. The quantitative estimate of drug-likeness (QED) is 0.858. The Hall–Kier alpha value is -2.33. The lowest BCUT2D eigenvalue weighted by Crippen LogP contribution is -2.14. The molecule has 1 amide bonds. The van der Waals surface area contributed by atoms with E-state index in [0.29, 0.717) is 17.0 Å². The second kappa shape index (κ2) is 7.45. The van der Waals surface area contributed by atoms with Gasteiger partial charge in [-0.05, 0) is 42.3 Å². The third kappa shape index (κ3) is 4.07. The van der Waals surface area contributed by atoms with Crippen LogP contribution in [0.5, 0.6) is 5.75 Å². The van der Waals surface area contributed by atoms with E-state index < -0.39 is 0 Å². The number of benzene rings is 2. The Kier molecular flexibility index (Phi) is 5.35. The lowest BCUT2D eigenvalue weighted by atomic mass is 10.0. The molecular weight excluding hydrogens is 266 g/mol. The fourth-order valence-electron chi connectivity index (χ4n) is 2.05. The first-order valence-corrected chi connectivity index (χ1v) is 6.97. The van der Waals surface area contributed by atoms with Crippen LogP contribution >= 0.6 is 0 Å². The SMILES string of the molecule is CCc1ccccc1C(=O)Nc1ccc(OCCO)cc1. The molecule has 2 N–H and O–H groups in total. The summed E-state index contributed by atoms with van der Waals surface area (Å²) in [7, 11) is 0. The summed E-state index contributed by atoms with van der Waals surface area (Å²) in [6, 6.07) is 14.7. The van der Waals surface area contributed by atoms with Gasteiger partial charge < -0.3 is 15.2 Å². The zero-order valence-corrected chi connectivity index (χ0v) is 12.0. The van der Waals surface area contributed by atoms with Gasteiger partial charge in [-0.25, -0.2) is 0 Å². The molecule has 0 bridgehead atoms. The first-order valence-electron chi connectivity index (χ1n) is 6.97. The monoisotopic (exact) mass is 285 g/mol.